The lowest BCUT2D eigenvalue weighted by molar-refractivity contribution is -0.142. The summed E-state index contributed by atoms with van der Waals surface area (Å²) < 4.78 is 5.60. The molecule has 0 saturated heterocycles. The zero-order valence-corrected chi connectivity index (χ0v) is 16.2. The number of ether oxygens (including phenoxy) is 1. The first-order valence-electron chi connectivity index (χ1n) is 9.32. The SMILES string of the molecule is CC[C@@H](C)NC(=O)[C@@H](C)N(Cc1ccccc1)C(=O)COc1ccccc1. The van der Waals surface area contributed by atoms with E-state index in [4.69, 9.17) is 4.74 Å². The number of nitrogens with zero attached hydrogens (tertiary/aromatic N) is 1. The Hall–Kier alpha value is -2.82. The molecule has 0 heterocycles. The topological polar surface area (TPSA) is 58.6 Å². The van der Waals surface area contributed by atoms with Gasteiger partial charge in [-0.15, -0.1) is 0 Å². The third kappa shape index (κ3) is 6.44. The quantitative estimate of drug-likeness (QED) is 0.738. The highest BCUT2D eigenvalue weighted by atomic mass is 16.5. The molecule has 2 rings (SSSR count). The minimum absolute atomic E-state index is 0.0641. The number of amides is 2. The lowest BCUT2D eigenvalue weighted by Crippen LogP contribution is -2.50. The summed E-state index contributed by atoms with van der Waals surface area (Å²) in [5.41, 5.74) is 0.966. The van der Waals surface area contributed by atoms with Gasteiger partial charge in [0.25, 0.3) is 5.91 Å². The van der Waals surface area contributed by atoms with Crippen molar-refractivity contribution in [1.29, 1.82) is 0 Å². The van der Waals surface area contributed by atoms with Crippen LogP contribution < -0.4 is 10.1 Å². The number of rotatable bonds is 9. The molecule has 2 aromatic carbocycles. The van der Waals surface area contributed by atoms with Crippen LogP contribution in [0.1, 0.15) is 32.8 Å². The summed E-state index contributed by atoms with van der Waals surface area (Å²) in [5, 5.41) is 2.95. The van der Waals surface area contributed by atoms with E-state index >= 15 is 0 Å². The second kappa shape index (κ2) is 10.4. The maximum atomic E-state index is 12.8. The van der Waals surface area contributed by atoms with Crippen molar-refractivity contribution in [2.45, 2.75) is 45.8 Å². The first kappa shape index (κ1) is 20.5. The summed E-state index contributed by atoms with van der Waals surface area (Å²) in [5.74, 6) is 0.241. The molecule has 0 unspecified atom stereocenters. The molecule has 0 spiro atoms. The summed E-state index contributed by atoms with van der Waals surface area (Å²) in [6.45, 7) is 5.95. The molecule has 2 amide bonds. The van der Waals surface area contributed by atoms with Gasteiger partial charge in [0.05, 0.1) is 0 Å². The van der Waals surface area contributed by atoms with E-state index in [1.165, 1.54) is 0 Å². The molecule has 2 atom stereocenters. The number of para-hydroxylation sites is 1. The van der Waals surface area contributed by atoms with Gasteiger partial charge < -0.3 is 15.0 Å². The first-order valence-corrected chi connectivity index (χ1v) is 9.32. The summed E-state index contributed by atoms with van der Waals surface area (Å²) >= 11 is 0. The Morgan fingerprint density at radius 3 is 2.19 bits per heavy atom. The van der Waals surface area contributed by atoms with Gasteiger partial charge in [0.15, 0.2) is 6.61 Å². The fraction of sp³-hybridized carbons (Fsp3) is 0.364. The molecule has 0 aliphatic carbocycles. The summed E-state index contributed by atoms with van der Waals surface area (Å²) in [6, 6.07) is 18.3. The molecule has 0 aliphatic rings. The maximum absolute atomic E-state index is 12.8. The van der Waals surface area contributed by atoms with E-state index in [0.29, 0.717) is 12.3 Å². The number of carbonyl (C=O) groups is 2. The molecule has 5 nitrogen and oxygen atoms in total. The fourth-order valence-electron chi connectivity index (χ4n) is 2.57. The first-order chi connectivity index (χ1) is 13.0. The van der Waals surface area contributed by atoms with Crippen molar-refractivity contribution in [3.63, 3.8) is 0 Å². The van der Waals surface area contributed by atoms with Gasteiger partial charge >= 0.3 is 0 Å². The van der Waals surface area contributed by atoms with E-state index in [1.807, 2.05) is 62.4 Å². The second-order valence-corrected chi connectivity index (χ2v) is 6.60. The average molecular weight is 368 g/mol. The molecular formula is C22H28N2O3. The van der Waals surface area contributed by atoms with E-state index in [9.17, 15) is 9.59 Å². The maximum Gasteiger partial charge on any atom is 0.261 e. The van der Waals surface area contributed by atoms with Gasteiger partial charge in [-0.1, -0.05) is 55.5 Å². The Morgan fingerprint density at radius 2 is 1.59 bits per heavy atom. The minimum Gasteiger partial charge on any atom is -0.484 e. The van der Waals surface area contributed by atoms with Crippen molar-refractivity contribution in [2.75, 3.05) is 6.61 Å². The highest BCUT2D eigenvalue weighted by Gasteiger charge is 2.27. The zero-order valence-electron chi connectivity index (χ0n) is 16.2. The van der Waals surface area contributed by atoms with Crippen molar-refractivity contribution >= 4 is 11.8 Å². The van der Waals surface area contributed by atoms with E-state index < -0.39 is 6.04 Å². The standard InChI is InChI=1S/C22H28N2O3/c1-4-17(2)23-22(26)18(3)24(15-19-11-7-5-8-12-19)21(25)16-27-20-13-9-6-10-14-20/h5-14,17-18H,4,15-16H2,1-3H3,(H,23,26)/t17-,18-/m1/s1. The van der Waals surface area contributed by atoms with Crippen LogP contribution in [0.4, 0.5) is 0 Å². The molecule has 5 heteroatoms. The van der Waals surface area contributed by atoms with Crippen LogP contribution in [-0.4, -0.2) is 35.4 Å². The Bertz CT molecular complexity index is 719. The summed E-state index contributed by atoms with van der Waals surface area (Å²) in [6.07, 6.45) is 0.836. The van der Waals surface area contributed by atoms with Gasteiger partial charge in [-0.05, 0) is 38.0 Å². The van der Waals surface area contributed by atoms with Crippen LogP contribution in [0, 0.1) is 0 Å². The van der Waals surface area contributed by atoms with Crippen molar-refractivity contribution in [3.05, 3.63) is 66.2 Å². The Balaban J connectivity index is 2.10. The van der Waals surface area contributed by atoms with Gasteiger partial charge in [-0.2, -0.15) is 0 Å². The summed E-state index contributed by atoms with van der Waals surface area (Å²) in [4.78, 5) is 27.0. The normalized spacial score (nSPS) is 12.7. The molecule has 0 aromatic heterocycles. The van der Waals surface area contributed by atoms with Crippen molar-refractivity contribution in [1.82, 2.24) is 10.2 Å². The van der Waals surface area contributed by atoms with Gasteiger partial charge in [0.1, 0.15) is 11.8 Å². The van der Waals surface area contributed by atoms with E-state index in [2.05, 4.69) is 5.32 Å². The van der Waals surface area contributed by atoms with E-state index in [1.54, 1.807) is 24.0 Å². The van der Waals surface area contributed by atoms with Crippen molar-refractivity contribution < 1.29 is 14.3 Å². The fourth-order valence-corrected chi connectivity index (χ4v) is 2.57. The van der Waals surface area contributed by atoms with Crippen LogP contribution in [0.2, 0.25) is 0 Å². The number of carbonyl (C=O) groups excluding carboxylic acids is 2. The third-order valence-electron chi connectivity index (χ3n) is 4.47. The Kier molecular flexibility index (Phi) is 7.86. The van der Waals surface area contributed by atoms with Crippen molar-refractivity contribution in [3.8, 4) is 5.75 Å². The van der Waals surface area contributed by atoms with Crippen LogP contribution in [-0.2, 0) is 16.1 Å². The van der Waals surface area contributed by atoms with Crippen LogP contribution in [0.5, 0.6) is 5.75 Å². The van der Waals surface area contributed by atoms with Gasteiger partial charge in [-0.25, -0.2) is 0 Å². The van der Waals surface area contributed by atoms with Crippen molar-refractivity contribution in [2.24, 2.45) is 0 Å². The predicted octanol–water partition coefficient (Wildman–Crippen LogP) is 3.40. The predicted molar refractivity (Wildman–Crippen MR) is 106 cm³/mol. The van der Waals surface area contributed by atoms with Crippen LogP contribution in [0.15, 0.2) is 60.7 Å². The molecule has 2 aromatic rings. The molecule has 144 valence electrons. The molecule has 27 heavy (non-hydrogen) atoms. The highest BCUT2D eigenvalue weighted by Crippen LogP contribution is 2.12. The number of hydrogen-bond donors (Lipinski definition) is 1. The Labute approximate surface area is 161 Å². The monoisotopic (exact) mass is 368 g/mol. The third-order valence-corrected chi connectivity index (χ3v) is 4.47. The largest absolute Gasteiger partial charge is 0.484 e. The van der Waals surface area contributed by atoms with Gasteiger partial charge in [0, 0.05) is 12.6 Å². The Morgan fingerprint density at radius 1 is 1.00 bits per heavy atom. The zero-order chi connectivity index (χ0) is 19.6. The highest BCUT2D eigenvalue weighted by molar-refractivity contribution is 5.88. The molecule has 0 fully saturated rings. The van der Waals surface area contributed by atoms with Crippen LogP contribution in [0.3, 0.4) is 0 Å². The molecular weight excluding hydrogens is 340 g/mol. The van der Waals surface area contributed by atoms with Crippen LogP contribution >= 0.6 is 0 Å². The lowest BCUT2D eigenvalue weighted by atomic mass is 10.1. The minimum atomic E-state index is -0.592. The average Bonchev–Trinajstić information content (AvgIpc) is 2.71. The molecule has 1 N–H and O–H groups in total. The van der Waals surface area contributed by atoms with Gasteiger partial charge in [-0.3, -0.25) is 9.59 Å². The number of nitrogens with one attached hydrogen (secondary N) is 1. The molecule has 0 bridgehead atoms. The molecule has 0 aliphatic heterocycles. The van der Waals surface area contributed by atoms with Gasteiger partial charge in [0.2, 0.25) is 5.91 Å². The smallest absolute Gasteiger partial charge is 0.261 e. The number of benzene rings is 2. The molecule has 0 radical (unpaired) electrons. The van der Waals surface area contributed by atoms with E-state index in [-0.39, 0.29) is 24.5 Å². The second-order valence-electron chi connectivity index (χ2n) is 6.60. The number of hydrogen-bond acceptors (Lipinski definition) is 3. The van der Waals surface area contributed by atoms with E-state index in [0.717, 1.165) is 12.0 Å². The lowest BCUT2D eigenvalue weighted by Gasteiger charge is -2.29. The summed E-state index contributed by atoms with van der Waals surface area (Å²) in [7, 11) is 0. The molecule has 0 saturated carbocycles. The van der Waals surface area contributed by atoms with Crippen LogP contribution in [0.25, 0.3) is 0 Å².